The predicted octanol–water partition coefficient (Wildman–Crippen LogP) is 7.24. The van der Waals surface area contributed by atoms with Gasteiger partial charge in [-0.15, -0.1) is 0 Å². The maximum absolute atomic E-state index is 12.7. The molecule has 0 atom stereocenters. The van der Waals surface area contributed by atoms with Crippen LogP contribution in [-0.4, -0.2) is 23.0 Å². The monoisotopic (exact) mass is 462 g/mol. The van der Waals surface area contributed by atoms with Crippen molar-refractivity contribution >= 4 is 11.6 Å². The minimum Gasteiger partial charge on any atom is -0.361 e. The maximum Gasteiger partial charge on any atom is 0.208 e. The highest BCUT2D eigenvalue weighted by atomic mass is 35.5. The molecule has 0 aliphatic carbocycles. The molecule has 0 unspecified atom stereocenters. The van der Waals surface area contributed by atoms with E-state index in [1.165, 1.54) is 37.1 Å². The van der Waals surface area contributed by atoms with Gasteiger partial charge in [0.2, 0.25) is 5.43 Å². The molecule has 0 radical (unpaired) electrons. The Morgan fingerprint density at radius 2 is 1.39 bits per heavy atom. The number of hydrogen-bond donors (Lipinski definition) is 1. The topological polar surface area (TPSA) is 36.1 Å². The van der Waals surface area contributed by atoms with E-state index in [0.717, 1.165) is 29.3 Å². The first-order valence-electron chi connectivity index (χ1n) is 11.9. The number of aryl methyl sites for hydroxylation is 2. The van der Waals surface area contributed by atoms with Crippen LogP contribution in [0.15, 0.2) is 53.3 Å². The fraction of sp³-hybridized carbons (Fsp3) is 0.414. The number of nitrogens with zero attached hydrogens (tertiary/aromatic N) is 1. The van der Waals surface area contributed by atoms with E-state index < -0.39 is 0 Å². The molecule has 0 bridgehead atoms. The van der Waals surface area contributed by atoms with Gasteiger partial charge in [-0.2, -0.15) is 0 Å². The Balaban J connectivity index is 1.44. The van der Waals surface area contributed by atoms with Gasteiger partial charge < -0.3 is 4.98 Å². The summed E-state index contributed by atoms with van der Waals surface area (Å²) >= 11 is 6.20. The Hall–Kier alpha value is -2.36. The summed E-state index contributed by atoms with van der Waals surface area (Å²) in [5.41, 5.74) is 7.06. The standard InChI is InChI=1S/C29H35ClN2O/c1-19-26(28(33)27(30)20(2)31-19)24-12-10-23(11-13-24)22-8-6-21(7-9-22)18-32-16-14-25(15-17-32)29(3,4)5/h6-13,25H,14-18H2,1-5H3,(H,31,33). The molecule has 3 nitrogen and oxygen atoms in total. The van der Waals surface area contributed by atoms with Gasteiger partial charge in [-0.1, -0.05) is 80.9 Å². The molecule has 0 spiro atoms. The van der Waals surface area contributed by atoms with E-state index in [1.54, 1.807) is 0 Å². The first kappa shape index (κ1) is 23.8. The van der Waals surface area contributed by atoms with E-state index in [9.17, 15) is 4.79 Å². The molecule has 3 aromatic rings. The third-order valence-electron chi connectivity index (χ3n) is 7.18. The first-order chi connectivity index (χ1) is 15.6. The smallest absolute Gasteiger partial charge is 0.208 e. The SMILES string of the molecule is Cc1[nH]c(C)c(-c2ccc(-c3ccc(CN4CCC(C(C)(C)C)CC4)cc3)cc2)c(=O)c1Cl. The summed E-state index contributed by atoms with van der Waals surface area (Å²) in [5, 5.41) is 0.262. The molecular weight excluding hydrogens is 428 g/mol. The largest absolute Gasteiger partial charge is 0.361 e. The van der Waals surface area contributed by atoms with Crippen LogP contribution in [0.3, 0.4) is 0 Å². The van der Waals surface area contributed by atoms with Gasteiger partial charge in [-0.05, 0) is 73.4 Å². The normalized spacial score (nSPS) is 15.7. The second-order valence-electron chi connectivity index (χ2n) is 10.6. The number of benzene rings is 2. The fourth-order valence-electron chi connectivity index (χ4n) is 5.04. The molecule has 2 aromatic carbocycles. The Morgan fingerprint density at radius 1 is 0.879 bits per heavy atom. The number of aromatic nitrogens is 1. The summed E-state index contributed by atoms with van der Waals surface area (Å²) < 4.78 is 0. The van der Waals surface area contributed by atoms with Crippen LogP contribution < -0.4 is 5.43 Å². The second kappa shape index (κ2) is 9.48. The van der Waals surface area contributed by atoms with Crippen LogP contribution in [0.2, 0.25) is 5.02 Å². The van der Waals surface area contributed by atoms with Gasteiger partial charge in [0, 0.05) is 23.5 Å². The van der Waals surface area contributed by atoms with Gasteiger partial charge in [-0.25, -0.2) is 0 Å². The lowest BCUT2D eigenvalue weighted by atomic mass is 9.75. The van der Waals surface area contributed by atoms with Crippen molar-refractivity contribution in [2.75, 3.05) is 13.1 Å². The minimum atomic E-state index is -0.117. The number of H-pyrrole nitrogens is 1. The molecule has 1 saturated heterocycles. The van der Waals surface area contributed by atoms with Gasteiger partial charge in [0.15, 0.2) is 0 Å². The molecular formula is C29H35ClN2O. The number of pyridine rings is 1. The van der Waals surface area contributed by atoms with Crippen LogP contribution in [0.5, 0.6) is 0 Å². The zero-order valence-corrected chi connectivity index (χ0v) is 21.2. The highest BCUT2D eigenvalue weighted by molar-refractivity contribution is 6.31. The van der Waals surface area contributed by atoms with Crippen molar-refractivity contribution < 1.29 is 0 Å². The van der Waals surface area contributed by atoms with E-state index >= 15 is 0 Å². The molecule has 174 valence electrons. The molecule has 33 heavy (non-hydrogen) atoms. The van der Waals surface area contributed by atoms with Crippen molar-refractivity contribution in [2.24, 2.45) is 11.3 Å². The van der Waals surface area contributed by atoms with Gasteiger partial charge in [0.1, 0.15) is 5.02 Å². The molecule has 1 fully saturated rings. The third kappa shape index (κ3) is 5.26. The van der Waals surface area contributed by atoms with E-state index in [4.69, 9.17) is 11.6 Å². The lowest BCUT2D eigenvalue weighted by molar-refractivity contribution is 0.108. The number of aromatic amines is 1. The highest BCUT2D eigenvalue weighted by Gasteiger charge is 2.28. The van der Waals surface area contributed by atoms with Crippen LogP contribution in [-0.2, 0) is 6.54 Å². The predicted molar refractivity (Wildman–Crippen MR) is 140 cm³/mol. The summed E-state index contributed by atoms with van der Waals surface area (Å²) in [6.45, 7) is 14.2. The maximum atomic E-state index is 12.7. The van der Waals surface area contributed by atoms with E-state index in [0.29, 0.717) is 16.7 Å². The van der Waals surface area contributed by atoms with Gasteiger partial charge in [0.25, 0.3) is 0 Å². The average molecular weight is 463 g/mol. The van der Waals surface area contributed by atoms with Crippen LogP contribution in [0.25, 0.3) is 22.3 Å². The lowest BCUT2D eigenvalue weighted by Crippen LogP contribution is -2.37. The molecule has 0 saturated carbocycles. The Kier molecular flexibility index (Phi) is 6.83. The molecule has 0 amide bonds. The van der Waals surface area contributed by atoms with Gasteiger partial charge in [-0.3, -0.25) is 9.69 Å². The Bertz CT molecular complexity index is 1160. The highest BCUT2D eigenvalue weighted by Crippen LogP contribution is 2.34. The van der Waals surface area contributed by atoms with Gasteiger partial charge in [0.05, 0.1) is 0 Å². The van der Waals surface area contributed by atoms with Crippen LogP contribution in [0.4, 0.5) is 0 Å². The zero-order chi connectivity index (χ0) is 23.8. The van der Waals surface area contributed by atoms with Crippen molar-refractivity contribution in [2.45, 2.75) is 54.0 Å². The van der Waals surface area contributed by atoms with Crippen molar-refractivity contribution in [1.82, 2.24) is 9.88 Å². The van der Waals surface area contributed by atoms with Crippen molar-refractivity contribution in [3.8, 4) is 22.3 Å². The van der Waals surface area contributed by atoms with E-state index in [-0.39, 0.29) is 10.5 Å². The van der Waals surface area contributed by atoms with E-state index in [1.807, 2.05) is 26.0 Å². The van der Waals surface area contributed by atoms with Crippen molar-refractivity contribution in [3.63, 3.8) is 0 Å². The number of hydrogen-bond acceptors (Lipinski definition) is 2. The summed E-state index contributed by atoms with van der Waals surface area (Å²) in [4.78, 5) is 18.5. The van der Waals surface area contributed by atoms with Crippen LogP contribution in [0.1, 0.15) is 50.6 Å². The molecule has 1 aliphatic heterocycles. The number of rotatable bonds is 4. The Labute approximate surface area is 202 Å². The zero-order valence-electron chi connectivity index (χ0n) is 20.5. The fourth-order valence-corrected chi connectivity index (χ4v) is 5.19. The summed E-state index contributed by atoms with van der Waals surface area (Å²) in [5.74, 6) is 0.828. The van der Waals surface area contributed by atoms with Crippen LogP contribution in [0, 0.1) is 25.2 Å². The number of piperidine rings is 1. The minimum absolute atomic E-state index is 0.117. The molecule has 4 rings (SSSR count). The molecule has 1 N–H and O–H groups in total. The Morgan fingerprint density at radius 3 is 1.94 bits per heavy atom. The number of likely N-dealkylation sites (tertiary alicyclic amines) is 1. The number of halogens is 1. The molecule has 2 heterocycles. The second-order valence-corrected chi connectivity index (χ2v) is 11.0. The lowest BCUT2D eigenvalue weighted by Gasteiger charge is -2.38. The van der Waals surface area contributed by atoms with Crippen molar-refractivity contribution in [3.05, 3.63) is 80.7 Å². The number of nitrogens with one attached hydrogen (secondary N) is 1. The van der Waals surface area contributed by atoms with Crippen molar-refractivity contribution in [1.29, 1.82) is 0 Å². The molecule has 4 heteroatoms. The summed E-state index contributed by atoms with van der Waals surface area (Å²) in [7, 11) is 0. The summed E-state index contributed by atoms with van der Waals surface area (Å²) in [6.07, 6.45) is 2.59. The summed E-state index contributed by atoms with van der Waals surface area (Å²) in [6, 6.07) is 17.1. The van der Waals surface area contributed by atoms with E-state index in [2.05, 4.69) is 67.1 Å². The quantitative estimate of drug-likeness (QED) is 0.443. The first-order valence-corrected chi connectivity index (χ1v) is 12.3. The van der Waals surface area contributed by atoms with Crippen LogP contribution >= 0.6 is 11.6 Å². The molecule has 1 aromatic heterocycles. The van der Waals surface area contributed by atoms with Gasteiger partial charge >= 0.3 is 0 Å². The average Bonchev–Trinajstić information content (AvgIpc) is 2.78. The molecule has 1 aliphatic rings. The third-order valence-corrected chi connectivity index (χ3v) is 7.64.